The summed E-state index contributed by atoms with van der Waals surface area (Å²) in [6.07, 6.45) is 2.07. The standard InChI is InChI=1S/C16H24N2OSi/c1-14-17-16(15-8-6-5-7-9-15)12-18(14)13-19-10-11-20(2,3)4/h5-9,12H,10-11,13H2,1-4H3. The molecule has 0 spiro atoms. The van der Waals surface area contributed by atoms with Crippen molar-refractivity contribution in [1.29, 1.82) is 0 Å². The van der Waals surface area contributed by atoms with E-state index in [0.717, 1.165) is 23.7 Å². The summed E-state index contributed by atoms with van der Waals surface area (Å²) in [5.41, 5.74) is 2.16. The Kier molecular flexibility index (Phi) is 4.78. The molecule has 4 heteroatoms. The second-order valence-electron chi connectivity index (χ2n) is 6.36. The highest BCUT2D eigenvalue weighted by Crippen LogP contribution is 2.18. The highest BCUT2D eigenvalue weighted by atomic mass is 28.3. The zero-order chi connectivity index (χ0) is 14.6. The van der Waals surface area contributed by atoms with E-state index in [0.29, 0.717) is 6.73 Å². The summed E-state index contributed by atoms with van der Waals surface area (Å²) in [7, 11) is -1.01. The molecule has 1 aromatic carbocycles. The molecule has 0 N–H and O–H groups in total. The molecular formula is C16H24N2OSi. The van der Waals surface area contributed by atoms with E-state index in [-0.39, 0.29) is 0 Å². The number of aryl methyl sites for hydroxylation is 1. The van der Waals surface area contributed by atoms with Crippen LogP contribution < -0.4 is 0 Å². The van der Waals surface area contributed by atoms with Gasteiger partial charge in [0.15, 0.2) is 0 Å². The Morgan fingerprint density at radius 2 is 1.85 bits per heavy atom. The Morgan fingerprint density at radius 3 is 2.50 bits per heavy atom. The van der Waals surface area contributed by atoms with Crippen molar-refractivity contribution >= 4 is 8.07 Å². The molecule has 108 valence electrons. The summed E-state index contributed by atoms with van der Waals surface area (Å²) in [5.74, 6) is 0.997. The third-order valence-corrected chi connectivity index (χ3v) is 4.98. The summed E-state index contributed by atoms with van der Waals surface area (Å²) in [6.45, 7) is 10.6. The smallest absolute Gasteiger partial charge is 0.123 e. The van der Waals surface area contributed by atoms with Gasteiger partial charge in [0.05, 0.1) is 5.69 Å². The average Bonchev–Trinajstić information content (AvgIpc) is 2.76. The first-order valence-corrected chi connectivity index (χ1v) is 10.8. The molecule has 0 unspecified atom stereocenters. The van der Waals surface area contributed by atoms with Gasteiger partial charge in [0.1, 0.15) is 12.6 Å². The minimum Gasteiger partial charge on any atom is -0.361 e. The normalized spacial score (nSPS) is 11.8. The average molecular weight is 288 g/mol. The van der Waals surface area contributed by atoms with Gasteiger partial charge in [-0.15, -0.1) is 0 Å². The van der Waals surface area contributed by atoms with E-state index in [4.69, 9.17) is 4.74 Å². The van der Waals surface area contributed by atoms with Crippen LogP contribution in [0.25, 0.3) is 11.3 Å². The summed E-state index contributed by atoms with van der Waals surface area (Å²) in [6, 6.07) is 11.5. The van der Waals surface area contributed by atoms with Crippen LogP contribution >= 0.6 is 0 Å². The van der Waals surface area contributed by atoms with Gasteiger partial charge in [-0.05, 0) is 13.0 Å². The van der Waals surface area contributed by atoms with Gasteiger partial charge in [0, 0.05) is 26.4 Å². The molecule has 0 saturated heterocycles. The molecule has 0 radical (unpaired) electrons. The summed E-state index contributed by atoms with van der Waals surface area (Å²) < 4.78 is 7.86. The first kappa shape index (κ1) is 15.0. The van der Waals surface area contributed by atoms with E-state index in [1.54, 1.807) is 0 Å². The molecule has 0 atom stereocenters. The lowest BCUT2D eigenvalue weighted by molar-refractivity contribution is 0.0858. The summed E-state index contributed by atoms with van der Waals surface area (Å²) >= 11 is 0. The van der Waals surface area contributed by atoms with Crippen LogP contribution in [0.1, 0.15) is 5.82 Å². The maximum Gasteiger partial charge on any atom is 0.123 e. The van der Waals surface area contributed by atoms with Gasteiger partial charge in [-0.3, -0.25) is 0 Å². The minimum absolute atomic E-state index is 0.593. The van der Waals surface area contributed by atoms with Crippen molar-refractivity contribution in [2.24, 2.45) is 0 Å². The molecule has 0 saturated carbocycles. The molecule has 0 aliphatic heterocycles. The Morgan fingerprint density at radius 1 is 1.15 bits per heavy atom. The fourth-order valence-electron chi connectivity index (χ4n) is 1.93. The zero-order valence-corrected chi connectivity index (χ0v) is 13.9. The van der Waals surface area contributed by atoms with Crippen LogP contribution in [0.2, 0.25) is 25.7 Å². The largest absolute Gasteiger partial charge is 0.361 e. The lowest BCUT2D eigenvalue weighted by Gasteiger charge is -2.15. The van der Waals surface area contributed by atoms with Crippen molar-refractivity contribution in [1.82, 2.24) is 9.55 Å². The molecule has 2 rings (SSSR count). The highest BCUT2D eigenvalue weighted by molar-refractivity contribution is 6.76. The van der Waals surface area contributed by atoms with Crippen LogP contribution in [0.4, 0.5) is 0 Å². The Hall–Kier alpha value is -1.39. The lowest BCUT2D eigenvalue weighted by atomic mass is 10.2. The quantitative estimate of drug-likeness (QED) is 0.589. The van der Waals surface area contributed by atoms with Crippen LogP contribution in [-0.4, -0.2) is 24.2 Å². The van der Waals surface area contributed by atoms with Gasteiger partial charge >= 0.3 is 0 Å². The van der Waals surface area contributed by atoms with Crippen LogP contribution in [0.5, 0.6) is 0 Å². The number of nitrogens with zero attached hydrogens (tertiary/aromatic N) is 2. The molecule has 3 nitrogen and oxygen atoms in total. The van der Waals surface area contributed by atoms with Gasteiger partial charge in [0.2, 0.25) is 0 Å². The van der Waals surface area contributed by atoms with E-state index in [1.165, 1.54) is 6.04 Å². The number of ether oxygens (including phenoxy) is 1. The molecule has 0 aliphatic carbocycles. The van der Waals surface area contributed by atoms with Gasteiger partial charge in [-0.1, -0.05) is 50.0 Å². The van der Waals surface area contributed by atoms with Crippen LogP contribution in [0.3, 0.4) is 0 Å². The SMILES string of the molecule is Cc1nc(-c2ccccc2)cn1COCC[Si](C)(C)C. The zero-order valence-electron chi connectivity index (χ0n) is 12.9. The van der Waals surface area contributed by atoms with Crippen LogP contribution in [-0.2, 0) is 11.5 Å². The number of imidazole rings is 1. The molecule has 0 aliphatic rings. The van der Waals surface area contributed by atoms with Gasteiger partial charge in [0.25, 0.3) is 0 Å². The summed E-state index contributed by atoms with van der Waals surface area (Å²) in [4.78, 5) is 4.60. The van der Waals surface area contributed by atoms with Gasteiger partial charge < -0.3 is 9.30 Å². The molecule has 0 bridgehead atoms. The van der Waals surface area contributed by atoms with Crippen LogP contribution in [0, 0.1) is 6.92 Å². The Bertz CT molecular complexity index is 543. The van der Waals surface area contributed by atoms with E-state index in [9.17, 15) is 0 Å². The van der Waals surface area contributed by atoms with Crippen molar-refractivity contribution in [3.63, 3.8) is 0 Å². The number of aromatic nitrogens is 2. The highest BCUT2D eigenvalue weighted by Gasteiger charge is 2.12. The first-order valence-electron chi connectivity index (χ1n) is 7.13. The van der Waals surface area contributed by atoms with Crippen molar-refractivity contribution in [3.05, 3.63) is 42.4 Å². The Labute approximate surface area is 122 Å². The van der Waals surface area contributed by atoms with Gasteiger partial charge in [-0.25, -0.2) is 4.98 Å². The maximum atomic E-state index is 5.78. The molecule has 0 amide bonds. The number of rotatable bonds is 6. The lowest BCUT2D eigenvalue weighted by Crippen LogP contribution is -2.22. The number of hydrogen-bond acceptors (Lipinski definition) is 2. The third-order valence-electron chi connectivity index (χ3n) is 3.27. The first-order chi connectivity index (χ1) is 9.46. The van der Waals surface area contributed by atoms with E-state index >= 15 is 0 Å². The molecule has 20 heavy (non-hydrogen) atoms. The fourth-order valence-corrected chi connectivity index (χ4v) is 2.69. The molecular weight excluding hydrogens is 264 g/mol. The third kappa shape index (κ3) is 4.32. The molecule has 2 aromatic rings. The van der Waals surface area contributed by atoms with Crippen molar-refractivity contribution in [3.8, 4) is 11.3 Å². The molecule has 1 heterocycles. The van der Waals surface area contributed by atoms with Crippen molar-refractivity contribution in [2.45, 2.75) is 39.3 Å². The van der Waals surface area contributed by atoms with E-state index in [1.807, 2.05) is 25.1 Å². The van der Waals surface area contributed by atoms with Crippen molar-refractivity contribution < 1.29 is 4.74 Å². The topological polar surface area (TPSA) is 27.1 Å². The van der Waals surface area contributed by atoms with Crippen molar-refractivity contribution in [2.75, 3.05) is 6.61 Å². The predicted molar refractivity (Wildman–Crippen MR) is 86.5 cm³/mol. The molecule has 1 aromatic heterocycles. The summed E-state index contributed by atoms with van der Waals surface area (Å²) in [5, 5.41) is 0. The minimum atomic E-state index is -1.01. The van der Waals surface area contributed by atoms with E-state index < -0.39 is 8.07 Å². The maximum absolute atomic E-state index is 5.78. The Balaban J connectivity index is 1.95. The second kappa shape index (κ2) is 6.37. The fraction of sp³-hybridized carbons (Fsp3) is 0.438. The monoisotopic (exact) mass is 288 g/mol. The van der Waals surface area contributed by atoms with Gasteiger partial charge in [-0.2, -0.15) is 0 Å². The molecule has 0 fully saturated rings. The second-order valence-corrected chi connectivity index (χ2v) is 12.0. The van der Waals surface area contributed by atoms with Crippen LogP contribution in [0.15, 0.2) is 36.5 Å². The number of benzene rings is 1. The number of hydrogen-bond donors (Lipinski definition) is 0. The predicted octanol–water partition coefficient (Wildman–Crippen LogP) is 4.17. The van der Waals surface area contributed by atoms with E-state index in [2.05, 4.69) is 47.5 Å².